The lowest BCUT2D eigenvalue weighted by Gasteiger charge is -1.90. The van der Waals surface area contributed by atoms with Gasteiger partial charge in [0.1, 0.15) is 0 Å². The Balaban J connectivity index is 1.96. The SMILES string of the molecule is CCCC1NC1CCC. The largest absolute Gasteiger partial charge is 0.308 e. The van der Waals surface area contributed by atoms with Gasteiger partial charge in [-0.3, -0.25) is 0 Å². The van der Waals surface area contributed by atoms with E-state index in [1.165, 1.54) is 25.7 Å². The normalized spacial score (nSPS) is 32.7. The predicted molar refractivity (Wildman–Crippen MR) is 40.5 cm³/mol. The lowest BCUT2D eigenvalue weighted by Crippen LogP contribution is -1.91. The highest BCUT2D eigenvalue weighted by atomic mass is 15.1. The molecule has 0 saturated carbocycles. The molecule has 0 aromatic carbocycles. The second-order valence-corrected chi connectivity index (χ2v) is 2.96. The van der Waals surface area contributed by atoms with Crippen molar-refractivity contribution in [3.05, 3.63) is 0 Å². The van der Waals surface area contributed by atoms with Crippen molar-refractivity contribution in [1.29, 1.82) is 0 Å². The molecular weight excluding hydrogens is 110 g/mol. The highest BCUT2D eigenvalue weighted by Crippen LogP contribution is 2.20. The highest BCUT2D eigenvalue weighted by molar-refractivity contribution is 4.96. The summed E-state index contributed by atoms with van der Waals surface area (Å²) in [6.07, 6.45) is 5.42. The fourth-order valence-corrected chi connectivity index (χ4v) is 1.41. The zero-order valence-corrected chi connectivity index (χ0v) is 6.48. The van der Waals surface area contributed by atoms with Gasteiger partial charge in [-0.2, -0.15) is 0 Å². The number of nitrogens with one attached hydrogen (secondary N) is 1. The van der Waals surface area contributed by atoms with Crippen LogP contribution in [0.3, 0.4) is 0 Å². The maximum atomic E-state index is 3.47. The second kappa shape index (κ2) is 3.21. The average Bonchev–Trinajstić information content (AvgIpc) is 2.50. The molecule has 0 amide bonds. The standard InChI is InChI=1S/C8H17N/c1-3-5-7-8(9-7)6-4-2/h7-9H,3-6H2,1-2H3. The topological polar surface area (TPSA) is 21.9 Å². The molecule has 2 atom stereocenters. The van der Waals surface area contributed by atoms with E-state index < -0.39 is 0 Å². The maximum absolute atomic E-state index is 3.47. The lowest BCUT2D eigenvalue weighted by atomic mass is 10.1. The van der Waals surface area contributed by atoms with E-state index in [2.05, 4.69) is 19.2 Å². The molecule has 0 aromatic heterocycles. The molecule has 1 heteroatoms. The first-order valence-electron chi connectivity index (χ1n) is 4.14. The summed E-state index contributed by atoms with van der Waals surface area (Å²) in [7, 11) is 0. The molecule has 1 heterocycles. The third-order valence-electron chi connectivity index (χ3n) is 2.00. The first-order valence-corrected chi connectivity index (χ1v) is 4.14. The fourth-order valence-electron chi connectivity index (χ4n) is 1.41. The average molecular weight is 127 g/mol. The minimum absolute atomic E-state index is 0.884. The Labute approximate surface area is 57.8 Å². The Morgan fingerprint density at radius 1 is 1.00 bits per heavy atom. The van der Waals surface area contributed by atoms with Crippen molar-refractivity contribution in [2.75, 3.05) is 0 Å². The summed E-state index contributed by atoms with van der Waals surface area (Å²) in [5, 5.41) is 3.47. The molecule has 1 N–H and O–H groups in total. The number of hydrogen-bond donors (Lipinski definition) is 1. The van der Waals surface area contributed by atoms with Gasteiger partial charge in [-0.25, -0.2) is 0 Å². The Morgan fingerprint density at radius 2 is 1.44 bits per heavy atom. The van der Waals surface area contributed by atoms with E-state index in [9.17, 15) is 0 Å². The van der Waals surface area contributed by atoms with Gasteiger partial charge in [-0.1, -0.05) is 26.7 Å². The molecule has 1 aliphatic heterocycles. The van der Waals surface area contributed by atoms with Gasteiger partial charge in [0.05, 0.1) is 0 Å². The van der Waals surface area contributed by atoms with Crippen LogP contribution in [-0.2, 0) is 0 Å². The highest BCUT2D eigenvalue weighted by Gasteiger charge is 2.33. The van der Waals surface area contributed by atoms with Crippen molar-refractivity contribution < 1.29 is 0 Å². The summed E-state index contributed by atoms with van der Waals surface area (Å²) in [5.41, 5.74) is 0. The van der Waals surface area contributed by atoms with E-state index in [0.717, 1.165) is 12.1 Å². The minimum Gasteiger partial charge on any atom is -0.308 e. The van der Waals surface area contributed by atoms with Gasteiger partial charge in [-0.05, 0) is 12.8 Å². The van der Waals surface area contributed by atoms with Gasteiger partial charge in [0.15, 0.2) is 0 Å². The second-order valence-electron chi connectivity index (χ2n) is 2.96. The molecule has 0 aliphatic carbocycles. The van der Waals surface area contributed by atoms with Crippen molar-refractivity contribution in [3.63, 3.8) is 0 Å². The summed E-state index contributed by atoms with van der Waals surface area (Å²) < 4.78 is 0. The van der Waals surface area contributed by atoms with Gasteiger partial charge >= 0.3 is 0 Å². The molecule has 0 spiro atoms. The molecular formula is C8H17N. The number of hydrogen-bond acceptors (Lipinski definition) is 1. The van der Waals surface area contributed by atoms with E-state index in [4.69, 9.17) is 0 Å². The van der Waals surface area contributed by atoms with Gasteiger partial charge in [0.25, 0.3) is 0 Å². The zero-order chi connectivity index (χ0) is 6.69. The molecule has 1 nitrogen and oxygen atoms in total. The van der Waals surface area contributed by atoms with Crippen molar-refractivity contribution in [3.8, 4) is 0 Å². The van der Waals surface area contributed by atoms with Crippen LogP contribution in [-0.4, -0.2) is 12.1 Å². The summed E-state index contributed by atoms with van der Waals surface area (Å²) >= 11 is 0. The first kappa shape index (κ1) is 7.07. The molecule has 0 aromatic rings. The van der Waals surface area contributed by atoms with E-state index in [0.29, 0.717) is 0 Å². The van der Waals surface area contributed by atoms with Crippen LogP contribution in [0.1, 0.15) is 39.5 Å². The quantitative estimate of drug-likeness (QED) is 0.573. The summed E-state index contributed by atoms with van der Waals surface area (Å²) in [6, 6.07) is 1.77. The summed E-state index contributed by atoms with van der Waals surface area (Å²) in [5.74, 6) is 0. The van der Waals surface area contributed by atoms with Crippen molar-refractivity contribution in [2.45, 2.75) is 51.6 Å². The Hall–Kier alpha value is -0.0400. The summed E-state index contributed by atoms with van der Waals surface area (Å²) in [6.45, 7) is 4.51. The molecule has 1 rings (SSSR count). The maximum Gasteiger partial charge on any atom is 0.0224 e. The van der Waals surface area contributed by atoms with Crippen LogP contribution in [0.5, 0.6) is 0 Å². The Morgan fingerprint density at radius 3 is 1.78 bits per heavy atom. The molecule has 0 radical (unpaired) electrons. The van der Waals surface area contributed by atoms with E-state index in [-0.39, 0.29) is 0 Å². The van der Waals surface area contributed by atoms with Crippen molar-refractivity contribution in [1.82, 2.24) is 5.32 Å². The molecule has 54 valence electrons. The third-order valence-corrected chi connectivity index (χ3v) is 2.00. The van der Waals surface area contributed by atoms with Crippen LogP contribution in [0.4, 0.5) is 0 Å². The molecule has 1 fully saturated rings. The van der Waals surface area contributed by atoms with Crippen LogP contribution in [0.2, 0.25) is 0 Å². The summed E-state index contributed by atoms with van der Waals surface area (Å²) in [4.78, 5) is 0. The third kappa shape index (κ3) is 1.98. The molecule has 2 unspecified atom stereocenters. The number of rotatable bonds is 4. The molecule has 1 saturated heterocycles. The van der Waals surface area contributed by atoms with Crippen molar-refractivity contribution in [2.24, 2.45) is 0 Å². The zero-order valence-electron chi connectivity index (χ0n) is 6.48. The smallest absolute Gasteiger partial charge is 0.0224 e. The Bertz CT molecular complexity index is 70.6. The fraction of sp³-hybridized carbons (Fsp3) is 1.00. The van der Waals surface area contributed by atoms with Gasteiger partial charge in [0.2, 0.25) is 0 Å². The monoisotopic (exact) mass is 127 g/mol. The van der Waals surface area contributed by atoms with E-state index in [1.807, 2.05) is 0 Å². The van der Waals surface area contributed by atoms with Crippen LogP contribution < -0.4 is 5.32 Å². The Kier molecular flexibility index (Phi) is 2.52. The first-order chi connectivity index (χ1) is 4.38. The van der Waals surface area contributed by atoms with Gasteiger partial charge in [-0.15, -0.1) is 0 Å². The van der Waals surface area contributed by atoms with Crippen LogP contribution in [0.15, 0.2) is 0 Å². The van der Waals surface area contributed by atoms with Gasteiger partial charge in [0, 0.05) is 12.1 Å². The van der Waals surface area contributed by atoms with Crippen LogP contribution >= 0.6 is 0 Å². The van der Waals surface area contributed by atoms with Gasteiger partial charge < -0.3 is 5.32 Å². The van der Waals surface area contributed by atoms with E-state index >= 15 is 0 Å². The predicted octanol–water partition coefficient (Wildman–Crippen LogP) is 1.93. The van der Waals surface area contributed by atoms with Crippen LogP contribution in [0.25, 0.3) is 0 Å². The lowest BCUT2D eigenvalue weighted by molar-refractivity contribution is 0.712. The van der Waals surface area contributed by atoms with Crippen molar-refractivity contribution >= 4 is 0 Å². The molecule has 9 heavy (non-hydrogen) atoms. The van der Waals surface area contributed by atoms with Crippen LogP contribution in [0, 0.1) is 0 Å². The van der Waals surface area contributed by atoms with E-state index in [1.54, 1.807) is 0 Å². The molecule has 1 aliphatic rings. The minimum atomic E-state index is 0.884. The molecule has 0 bridgehead atoms.